The number of ether oxygens (including phenoxy) is 2. The molecule has 0 saturated heterocycles. The second kappa shape index (κ2) is 9.79. The summed E-state index contributed by atoms with van der Waals surface area (Å²) >= 11 is 6.35. The fourth-order valence-electron chi connectivity index (χ4n) is 4.13. The summed E-state index contributed by atoms with van der Waals surface area (Å²) in [6.07, 6.45) is 0.510. The van der Waals surface area contributed by atoms with Crippen LogP contribution in [0.3, 0.4) is 0 Å². The molecule has 7 nitrogen and oxygen atoms in total. The Kier molecular flexibility index (Phi) is 6.96. The van der Waals surface area contributed by atoms with E-state index < -0.39 is 28.1 Å². The number of sulfonamides is 1. The third kappa shape index (κ3) is 5.39. The van der Waals surface area contributed by atoms with Crippen molar-refractivity contribution < 1.29 is 22.7 Å². The average Bonchev–Trinajstić information content (AvgIpc) is 2.82. The second-order valence-electron chi connectivity index (χ2n) is 8.87. The van der Waals surface area contributed by atoms with E-state index in [0.29, 0.717) is 17.9 Å². The van der Waals surface area contributed by atoms with E-state index in [-0.39, 0.29) is 21.6 Å². The number of carbonyl (C=O) groups is 1. The normalized spacial score (nSPS) is 16.5. The Hall–Kier alpha value is -3.23. The van der Waals surface area contributed by atoms with Gasteiger partial charge < -0.3 is 14.8 Å². The largest absolute Gasteiger partial charge is 0.497 e. The van der Waals surface area contributed by atoms with E-state index in [1.165, 1.54) is 12.1 Å². The van der Waals surface area contributed by atoms with Crippen molar-refractivity contribution in [3.63, 3.8) is 0 Å². The lowest BCUT2D eigenvalue weighted by molar-refractivity contribution is -0.120. The van der Waals surface area contributed by atoms with Gasteiger partial charge >= 0.3 is 0 Å². The van der Waals surface area contributed by atoms with E-state index >= 15 is 0 Å². The van der Waals surface area contributed by atoms with E-state index in [1.807, 2.05) is 19.9 Å². The summed E-state index contributed by atoms with van der Waals surface area (Å²) in [5, 5.41) is 3.23. The number of hydrogen-bond acceptors (Lipinski definition) is 5. The Morgan fingerprint density at radius 2 is 1.80 bits per heavy atom. The summed E-state index contributed by atoms with van der Waals surface area (Å²) in [6, 6.07) is 19.6. The summed E-state index contributed by atoms with van der Waals surface area (Å²) in [5.74, 6) is 0.796. The van der Waals surface area contributed by atoms with E-state index in [0.717, 1.165) is 9.87 Å². The third-order valence-corrected chi connectivity index (χ3v) is 7.85. The third-order valence-electron chi connectivity index (χ3n) is 5.75. The van der Waals surface area contributed by atoms with Crippen LogP contribution in [-0.4, -0.2) is 33.6 Å². The average molecular weight is 515 g/mol. The van der Waals surface area contributed by atoms with Crippen LogP contribution < -0.4 is 19.1 Å². The van der Waals surface area contributed by atoms with E-state index in [4.69, 9.17) is 21.1 Å². The maximum Gasteiger partial charge on any atom is 0.264 e. The van der Waals surface area contributed by atoms with Crippen LogP contribution in [-0.2, 0) is 14.8 Å². The number of benzene rings is 3. The van der Waals surface area contributed by atoms with E-state index in [9.17, 15) is 13.2 Å². The molecule has 1 atom stereocenters. The highest BCUT2D eigenvalue weighted by atomic mass is 35.5. The molecule has 0 spiro atoms. The zero-order chi connectivity index (χ0) is 25.2. The van der Waals surface area contributed by atoms with Crippen LogP contribution in [0.5, 0.6) is 11.5 Å². The van der Waals surface area contributed by atoms with Crippen molar-refractivity contribution in [3.8, 4) is 11.5 Å². The van der Waals surface area contributed by atoms with Gasteiger partial charge in [-0.05, 0) is 50.2 Å². The first-order valence-electron chi connectivity index (χ1n) is 11.1. The predicted molar refractivity (Wildman–Crippen MR) is 136 cm³/mol. The fourth-order valence-corrected chi connectivity index (χ4v) is 5.88. The van der Waals surface area contributed by atoms with Crippen molar-refractivity contribution in [2.45, 2.75) is 36.8 Å². The molecule has 1 N–H and O–H groups in total. The van der Waals surface area contributed by atoms with Gasteiger partial charge in [0.05, 0.1) is 28.8 Å². The lowest BCUT2D eigenvalue weighted by Gasteiger charge is -2.38. The molecule has 1 heterocycles. The molecule has 1 amide bonds. The van der Waals surface area contributed by atoms with Crippen molar-refractivity contribution in [1.82, 2.24) is 5.32 Å². The molecule has 0 aromatic heterocycles. The summed E-state index contributed by atoms with van der Waals surface area (Å²) in [5.41, 5.74) is 0.481. The Morgan fingerprint density at radius 1 is 1.11 bits per heavy atom. The van der Waals surface area contributed by atoms with Crippen LogP contribution in [0.15, 0.2) is 77.7 Å². The van der Waals surface area contributed by atoms with Gasteiger partial charge in [0.2, 0.25) is 5.91 Å². The number of rotatable bonds is 7. The van der Waals surface area contributed by atoms with Gasteiger partial charge in [0.1, 0.15) is 23.6 Å². The first-order valence-corrected chi connectivity index (χ1v) is 12.9. The first-order chi connectivity index (χ1) is 16.6. The predicted octanol–water partition coefficient (Wildman–Crippen LogP) is 4.96. The Balaban J connectivity index is 1.65. The van der Waals surface area contributed by atoms with Crippen LogP contribution >= 0.6 is 11.6 Å². The van der Waals surface area contributed by atoms with Crippen LogP contribution in [0.4, 0.5) is 5.69 Å². The number of anilines is 1. The van der Waals surface area contributed by atoms with Crippen LogP contribution in [0, 0.1) is 0 Å². The molecule has 1 unspecified atom stereocenters. The topological polar surface area (TPSA) is 84.9 Å². The molecule has 0 aliphatic carbocycles. The highest BCUT2D eigenvalue weighted by Gasteiger charge is 2.36. The molecule has 4 rings (SSSR count). The summed E-state index contributed by atoms with van der Waals surface area (Å²) in [4.78, 5) is 13.4. The molecule has 0 saturated carbocycles. The lowest BCUT2D eigenvalue weighted by atomic mass is 9.89. The number of fused-ring (bicyclic) bond motifs is 1. The second-order valence-corrected chi connectivity index (χ2v) is 11.1. The standard InChI is InChI=1S/C26H27ClN2O5S/c1-26(2)16-22(20-14-13-18(33-3)15-24(20)34-26)28-25(30)17-29(23-12-8-7-11-21(23)27)35(31,32)19-9-5-4-6-10-19/h4-15,22H,16-17H2,1-3H3,(H,28,30). The van der Waals surface area contributed by atoms with Crippen LogP contribution in [0.1, 0.15) is 31.9 Å². The number of halogens is 1. The smallest absolute Gasteiger partial charge is 0.264 e. The van der Waals surface area contributed by atoms with Gasteiger partial charge in [-0.3, -0.25) is 9.10 Å². The number of para-hydroxylation sites is 1. The molecule has 1 aliphatic heterocycles. The van der Waals surface area contributed by atoms with Gasteiger partial charge in [-0.1, -0.05) is 41.9 Å². The summed E-state index contributed by atoms with van der Waals surface area (Å²) in [6.45, 7) is 3.43. The minimum Gasteiger partial charge on any atom is -0.497 e. The number of carbonyl (C=O) groups excluding carboxylic acids is 1. The highest BCUT2D eigenvalue weighted by molar-refractivity contribution is 7.92. The lowest BCUT2D eigenvalue weighted by Crippen LogP contribution is -2.45. The molecule has 0 bridgehead atoms. The van der Waals surface area contributed by atoms with Gasteiger partial charge in [-0.25, -0.2) is 8.42 Å². The van der Waals surface area contributed by atoms with E-state index in [1.54, 1.807) is 61.7 Å². The van der Waals surface area contributed by atoms with Crippen LogP contribution in [0.25, 0.3) is 0 Å². The maximum atomic E-state index is 13.5. The van der Waals surface area contributed by atoms with Gasteiger partial charge in [-0.2, -0.15) is 0 Å². The Bertz CT molecular complexity index is 1330. The molecule has 0 fully saturated rings. The highest BCUT2D eigenvalue weighted by Crippen LogP contribution is 2.41. The fraction of sp³-hybridized carbons (Fsp3) is 0.269. The molecule has 35 heavy (non-hydrogen) atoms. The molecular weight excluding hydrogens is 488 g/mol. The molecule has 1 aliphatic rings. The molecule has 3 aromatic rings. The van der Waals surface area contributed by atoms with Crippen LogP contribution in [0.2, 0.25) is 5.02 Å². The zero-order valence-electron chi connectivity index (χ0n) is 19.7. The first kappa shape index (κ1) is 24.9. The maximum absolute atomic E-state index is 13.5. The quantitative estimate of drug-likeness (QED) is 0.481. The van der Waals surface area contributed by atoms with Crippen molar-refractivity contribution in [2.24, 2.45) is 0 Å². The number of methoxy groups -OCH3 is 1. The summed E-state index contributed by atoms with van der Waals surface area (Å²) < 4.78 is 39.5. The number of nitrogens with one attached hydrogen (secondary N) is 1. The molecule has 184 valence electrons. The minimum absolute atomic E-state index is 0.0670. The Labute approximate surface area is 210 Å². The van der Waals surface area contributed by atoms with Gasteiger partial charge in [-0.15, -0.1) is 0 Å². The number of nitrogens with zero attached hydrogens (tertiary/aromatic N) is 1. The monoisotopic (exact) mass is 514 g/mol. The molecule has 9 heteroatoms. The molecule has 0 radical (unpaired) electrons. The van der Waals surface area contributed by atoms with Gasteiger partial charge in [0, 0.05) is 18.1 Å². The van der Waals surface area contributed by atoms with Crippen molar-refractivity contribution in [2.75, 3.05) is 18.0 Å². The SMILES string of the molecule is COc1ccc2c(c1)OC(C)(C)CC2NC(=O)CN(c1ccccc1Cl)S(=O)(=O)c1ccccc1. The molecule has 3 aromatic carbocycles. The zero-order valence-corrected chi connectivity index (χ0v) is 21.3. The van der Waals surface area contributed by atoms with E-state index in [2.05, 4.69) is 5.32 Å². The molecular formula is C26H27ClN2O5S. The number of amides is 1. The summed E-state index contributed by atoms with van der Waals surface area (Å²) in [7, 11) is -2.48. The number of hydrogen-bond donors (Lipinski definition) is 1. The van der Waals surface area contributed by atoms with Crippen molar-refractivity contribution >= 4 is 33.2 Å². The van der Waals surface area contributed by atoms with Crippen molar-refractivity contribution in [1.29, 1.82) is 0 Å². The van der Waals surface area contributed by atoms with Gasteiger partial charge in [0.25, 0.3) is 10.0 Å². The minimum atomic E-state index is -4.06. The Morgan fingerprint density at radius 3 is 2.49 bits per heavy atom. The van der Waals surface area contributed by atoms with Gasteiger partial charge in [0.15, 0.2) is 0 Å². The van der Waals surface area contributed by atoms with Crippen molar-refractivity contribution in [3.05, 3.63) is 83.4 Å².